The van der Waals surface area contributed by atoms with Crippen LogP contribution in [0.1, 0.15) is 22.8 Å². The van der Waals surface area contributed by atoms with E-state index in [0.717, 1.165) is 11.6 Å². The van der Waals surface area contributed by atoms with Crippen LogP contribution in [0.5, 0.6) is 0 Å². The van der Waals surface area contributed by atoms with Crippen molar-refractivity contribution in [2.24, 2.45) is 5.73 Å². The molecule has 0 atom stereocenters. The number of nitrogens with zero attached hydrogens (tertiary/aromatic N) is 1. The third-order valence-electron chi connectivity index (χ3n) is 3.81. The predicted molar refractivity (Wildman–Crippen MR) is 105 cm³/mol. The number of esters is 1. The van der Waals surface area contributed by atoms with Crippen LogP contribution in [-0.2, 0) is 26.1 Å². The Morgan fingerprint density at radius 3 is 2.45 bits per heavy atom. The van der Waals surface area contributed by atoms with Gasteiger partial charge in [0.1, 0.15) is 11.6 Å². The summed E-state index contributed by atoms with van der Waals surface area (Å²) in [6, 6.07) is 15.8. The van der Waals surface area contributed by atoms with Gasteiger partial charge < -0.3 is 10.5 Å². The number of nitriles is 1. The molecule has 0 heterocycles. The molecule has 0 aliphatic rings. The topological polar surface area (TPSA) is 139 Å². The summed E-state index contributed by atoms with van der Waals surface area (Å²) < 4.78 is 32.3. The molecule has 0 unspecified atom stereocenters. The molecule has 0 radical (unpaired) electrons. The van der Waals surface area contributed by atoms with E-state index >= 15 is 0 Å². The molecule has 3 N–H and O–H groups in total. The molecule has 0 bridgehead atoms. The summed E-state index contributed by atoms with van der Waals surface area (Å²) in [7, 11) is -3.87. The maximum absolute atomic E-state index is 12.5. The van der Waals surface area contributed by atoms with Crippen molar-refractivity contribution in [1.29, 1.82) is 5.26 Å². The number of hydrogen-bond acceptors (Lipinski definition) is 7. The monoisotopic (exact) mass is 413 g/mol. The number of rotatable bonds is 8. The molecule has 2 rings (SSSR count). The summed E-state index contributed by atoms with van der Waals surface area (Å²) in [5.74, 6) is -1.64. The molecule has 0 amide bonds. The highest BCUT2D eigenvalue weighted by Gasteiger charge is 2.19. The second-order valence-electron chi connectivity index (χ2n) is 6.01. The molecule has 0 aromatic heterocycles. The van der Waals surface area contributed by atoms with Crippen molar-refractivity contribution in [3.63, 3.8) is 0 Å². The van der Waals surface area contributed by atoms with Crippen molar-refractivity contribution >= 4 is 21.8 Å². The van der Waals surface area contributed by atoms with Crippen LogP contribution in [0, 0.1) is 11.3 Å². The number of benzene rings is 2. The number of Topliss-reactive ketones (excluding diaryl/α,β-unsaturated/α-hetero) is 1. The molecule has 0 spiro atoms. The maximum Gasteiger partial charge on any atom is 0.338 e. The number of sulfonamides is 1. The molecule has 0 saturated carbocycles. The molecule has 2 aromatic rings. The number of nitrogens with two attached hydrogens (primary N) is 1. The van der Waals surface area contributed by atoms with Gasteiger partial charge in [-0.05, 0) is 30.7 Å². The van der Waals surface area contributed by atoms with Gasteiger partial charge >= 0.3 is 5.97 Å². The fourth-order valence-corrected chi connectivity index (χ4v) is 3.37. The van der Waals surface area contributed by atoms with Gasteiger partial charge in [0.05, 0.1) is 10.5 Å². The first-order valence-corrected chi connectivity index (χ1v) is 9.93. The van der Waals surface area contributed by atoms with Crippen molar-refractivity contribution in [2.45, 2.75) is 18.4 Å². The minimum Gasteiger partial charge on any atom is -0.454 e. The van der Waals surface area contributed by atoms with Crippen LogP contribution in [0.15, 0.2) is 70.8 Å². The summed E-state index contributed by atoms with van der Waals surface area (Å²) in [5.41, 5.74) is 5.88. The number of hydrogen-bond donors (Lipinski definition) is 2. The van der Waals surface area contributed by atoms with Gasteiger partial charge in [0.15, 0.2) is 6.61 Å². The molecule has 8 nitrogen and oxygen atoms in total. The van der Waals surface area contributed by atoms with E-state index < -0.39 is 28.4 Å². The zero-order chi connectivity index (χ0) is 21.4. The largest absolute Gasteiger partial charge is 0.454 e. The maximum atomic E-state index is 12.5. The van der Waals surface area contributed by atoms with E-state index in [1.165, 1.54) is 25.1 Å². The summed E-state index contributed by atoms with van der Waals surface area (Å²) in [5, 5.41) is 8.89. The Kier molecular flexibility index (Phi) is 7.25. The van der Waals surface area contributed by atoms with Crippen LogP contribution >= 0.6 is 0 Å². The van der Waals surface area contributed by atoms with Crippen molar-refractivity contribution in [3.8, 4) is 6.07 Å². The van der Waals surface area contributed by atoms with Crippen LogP contribution in [0.3, 0.4) is 0 Å². The fraction of sp³-hybridized carbons (Fsp3) is 0.150. The Bertz CT molecular complexity index is 1080. The SMILES string of the molecule is C/C(N)=C(\C#N)C(=O)COC(=O)c1cccc(S(=O)(=O)NCc2ccccc2)c1. The van der Waals surface area contributed by atoms with Gasteiger partial charge in [0.2, 0.25) is 15.8 Å². The number of allylic oxidation sites excluding steroid dienone is 1. The van der Waals surface area contributed by atoms with Crippen LogP contribution < -0.4 is 10.5 Å². The molecule has 0 aliphatic heterocycles. The summed E-state index contributed by atoms with van der Waals surface area (Å²) >= 11 is 0. The van der Waals surface area contributed by atoms with E-state index in [4.69, 9.17) is 15.7 Å². The Balaban J connectivity index is 2.08. The lowest BCUT2D eigenvalue weighted by atomic mass is 10.1. The van der Waals surface area contributed by atoms with Crippen LogP contribution in [0.25, 0.3) is 0 Å². The number of ketones is 1. The van der Waals surface area contributed by atoms with E-state index in [1.54, 1.807) is 30.3 Å². The van der Waals surface area contributed by atoms with E-state index in [0.29, 0.717) is 0 Å². The Hall–Kier alpha value is -3.48. The van der Waals surface area contributed by atoms with Gasteiger partial charge in [-0.15, -0.1) is 0 Å². The first kappa shape index (κ1) is 21.8. The van der Waals surface area contributed by atoms with E-state index in [-0.39, 0.29) is 28.3 Å². The van der Waals surface area contributed by atoms with Crippen molar-refractivity contribution in [1.82, 2.24) is 4.72 Å². The smallest absolute Gasteiger partial charge is 0.338 e. The van der Waals surface area contributed by atoms with Gasteiger partial charge in [-0.1, -0.05) is 36.4 Å². The highest BCUT2D eigenvalue weighted by molar-refractivity contribution is 7.89. The number of nitrogens with one attached hydrogen (secondary N) is 1. The van der Waals surface area contributed by atoms with Gasteiger partial charge in [-0.25, -0.2) is 17.9 Å². The Morgan fingerprint density at radius 1 is 1.14 bits per heavy atom. The van der Waals surface area contributed by atoms with Gasteiger partial charge in [-0.2, -0.15) is 5.26 Å². The summed E-state index contributed by atoms with van der Waals surface area (Å²) in [6.45, 7) is 0.794. The molecule has 9 heteroatoms. The van der Waals surface area contributed by atoms with Crippen LogP contribution in [0.2, 0.25) is 0 Å². The van der Waals surface area contributed by atoms with Crippen LogP contribution in [-0.4, -0.2) is 26.8 Å². The number of ether oxygens (including phenoxy) is 1. The van der Waals surface area contributed by atoms with Crippen molar-refractivity contribution < 1.29 is 22.7 Å². The molecular weight excluding hydrogens is 394 g/mol. The number of carbonyl (C=O) groups is 2. The number of carbonyl (C=O) groups excluding carboxylic acids is 2. The second kappa shape index (κ2) is 9.64. The third-order valence-corrected chi connectivity index (χ3v) is 5.21. The lowest BCUT2D eigenvalue weighted by Gasteiger charge is -2.09. The van der Waals surface area contributed by atoms with Gasteiger partial charge in [0.25, 0.3) is 0 Å². The molecule has 0 fully saturated rings. The van der Waals surface area contributed by atoms with E-state index in [2.05, 4.69) is 4.72 Å². The average Bonchev–Trinajstić information content (AvgIpc) is 2.71. The highest BCUT2D eigenvalue weighted by atomic mass is 32.2. The summed E-state index contributed by atoms with van der Waals surface area (Å²) in [6.07, 6.45) is 0. The van der Waals surface area contributed by atoms with Crippen molar-refractivity contribution in [2.75, 3.05) is 6.61 Å². The quantitative estimate of drug-likeness (QED) is 0.381. The molecule has 150 valence electrons. The molecular formula is C20H19N3O5S. The Morgan fingerprint density at radius 2 is 1.83 bits per heavy atom. The highest BCUT2D eigenvalue weighted by Crippen LogP contribution is 2.13. The molecule has 29 heavy (non-hydrogen) atoms. The Labute approximate surface area is 168 Å². The molecule has 0 aliphatic carbocycles. The first-order chi connectivity index (χ1) is 13.7. The third kappa shape index (κ3) is 6.00. The lowest BCUT2D eigenvalue weighted by Crippen LogP contribution is -2.23. The predicted octanol–water partition coefficient (Wildman–Crippen LogP) is 1.65. The van der Waals surface area contributed by atoms with Gasteiger partial charge in [-0.3, -0.25) is 4.79 Å². The minimum atomic E-state index is -3.87. The molecule has 2 aromatic carbocycles. The van der Waals surface area contributed by atoms with E-state index in [9.17, 15) is 18.0 Å². The first-order valence-electron chi connectivity index (χ1n) is 8.45. The second-order valence-corrected chi connectivity index (χ2v) is 7.77. The van der Waals surface area contributed by atoms with Crippen LogP contribution in [0.4, 0.5) is 0 Å². The molecule has 0 saturated heterocycles. The minimum absolute atomic E-state index is 0.0196. The standard InChI is InChI=1S/C20H19N3O5S/c1-14(22)18(11-21)19(24)13-28-20(25)16-8-5-9-17(10-16)29(26,27)23-12-15-6-3-2-4-7-15/h2-10,23H,12-13,22H2,1H3/b18-14-. The van der Waals surface area contributed by atoms with Crippen molar-refractivity contribution in [3.05, 3.63) is 77.0 Å². The average molecular weight is 413 g/mol. The summed E-state index contributed by atoms with van der Waals surface area (Å²) in [4.78, 5) is 23.9. The van der Waals surface area contributed by atoms with Gasteiger partial charge in [0, 0.05) is 12.2 Å². The van der Waals surface area contributed by atoms with E-state index in [1.807, 2.05) is 6.07 Å². The zero-order valence-electron chi connectivity index (χ0n) is 15.6. The zero-order valence-corrected chi connectivity index (χ0v) is 16.4. The lowest BCUT2D eigenvalue weighted by molar-refractivity contribution is -0.118. The fourth-order valence-electron chi connectivity index (χ4n) is 2.30. The normalized spacial score (nSPS) is 11.9.